The highest BCUT2D eigenvalue weighted by Crippen LogP contribution is 2.40. The van der Waals surface area contributed by atoms with Gasteiger partial charge in [-0.05, 0) is 62.9 Å². The summed E-state index contributed by atoms with van der Waals surface area (Å²) in [6, 6.07) is 6.51. The lowest BCUT2D eigenvalue weighted by Crippen LogP contribution is -2.30. The highest BCUT2D eigenvalue weighted by Gasteiger charge is 2.37. The molecular weight excluding hydrogens is 472 g/mol. The summed E-state index contributed by atoms with van der Waals surface area (Å²) in [5.41, 5.74) is -1.80. The maximum Gasteiger partial charge on any atom is 0.417 e. The Labute approximate surface area is 195 Å². The molecule has 1 atom stereocenters. The number of benzene rings is 2. The first-order valence-electron chi connectivity index (χ1n) is 10.9. The number of hydrogen-bond donors (Lipinski definition) is 2. The van der Waals surface area contributed by atoms with Crippen molar-refractivity contribution in [1.29, 1.82) is 0 Å². The Bertz CT molecular complexity index is 1340. The number of fused-ring (bicyclic) bond motifs is 1. The molecule has 2 N–H and O–H groups in total. The third kappa shape index (κ3) is 4.99. The Morgan fingerprint density at radius 3 is 2.38 bits per heavy atom. The number of aromatic nitrogens is 1. The lowest BCUT2D eigenvalue weighted by atomic mass is 9.96. The zero-order valence-electron chi connectivity index (χ0n) is 18.9. The van der Waals surface area contributed by atoms with E-state index < -0.39 is 44.5 Å². The van der Waals surface area contributed by atoms with Crippen molar-refractivity contribution in [2.45, 2.75) is 63.2 Å². The largest absolute Gasteiger partial charge is 0.417 e. The van der Waals surface area contributed by atoms with Gasteiger partial charge in [0.1, 0.15) is 5.82 Å². The van der Waals surface area contributed by atoms with Gasteiger partial charge in [0.05, 0.1) is 23.0 Å². The molecule has 184 valence electrons. The maximum atomic E-state index is 15.3. The quantitative estimate of drug-likeness (QED) is 0.430. The van der Waals surface area contributed by atoms with Crippen molar-refractivity contribution in [3.63, 3.8) is 0 Å². The lowest BCUT2D eigenvalue weighted by Gasteiger charge is -2.19. The lowest BCUT2D eigenvalue weighted by molar-refractivity contribution is -0.137. The van der Waals surface area contributed by atoms with E-state index in [4.69, 9.17) is 0 Å². The van der Waals surface area contributed by atoms with Gasteiger partial charge in [-0.1, -0.05) is 18.2 Å². The first-order chi connectivity index (χ1) is 15.7. The predicted octanol–water partition coefficient (Wildman–Crippen LogP) is 5.38. The van der Waals surface area contributed by atoms with Gasteiger partial charge in [0.2, 0.25) is 10.0 Å². The minimum absolute atomic E-state index is 0.0670. The molecule has 1 aliphatic rings. The summed E-state index contributed by atoms with van der Waals surface area (Å²) in [4.78, 5) is 0. The third-order valence-electron chi connectivity index (χ3n) is 5.85. The molecule has 0 unspecified atom stereocenters. The summed E-state index contributed by atoms with van der Waals surface area (Å²) in [5, 5.41) is 10.3. The molecule has 1 aromatic heterocycles. The summed E-state index contributed by atoms with van der Waals surface area (Å²) >= 11 is 0. The van der Waals surface area contributed by atoms with Crippen molar-refractivity contribution in [1.82, 2.24) is 9.29 Å². The predicted molar refractivity (Wildman–Crippen MR) is 122 cm³/mol. The molecule has 0 amide bonds. The van der Waals surface area contributed by atoms with Gasteiger partial charge in [-0.25, -0.2) is 17.5 Å². The van der Waals surface area contributed by atoms with Crippen molar-refractivity contribution in [2.75, 3.05) is 0 Å². The summed E-state index contributed by atoms with van der Waals surface area (Å²) in [6.07, 6.45) is -1.90. The van der Waals surface area contributed by atoms with Crippen LogP contribution in [-0.2, 0) is 22.7 Å². The molecule has 1 fully saturated rings. The van der Waals surface area contributed by atoms with E-state index in [0.717, 1.165) is 12.1 Å². The van der Waals surface area contributed by atoms with Crippen molar-refractivity contribution < 1.29 is 31.1 Å². The van der Waals surface area contributed by atoms with Crippen molar-refractivity contribution in [2.24, 2.45) is 0 Å². The standard InChI is InChI=1S/C24H26F4N2O3S/c1-14(29-34(32,33)15-8-9-15)19-12-30(13-23(2,3)31)22-11-17(21(25)10-18(19)22)16-6-4-5-7-20(16)24(26,27)28/h4-7,10-12,14-15,29,31H,8-9,13H2,1-3H3/t14-/m1/s1. The first kappa shape index (κ1) is 24.7. The Kier molecular flexibility index (Phi) is 6.06. The zero-order chi connectivity index (χ0) is 25.1. The molecule has 4 rings (SSSR count). The molecule has 2 aromatic carbocycles. The van der Waals surface area contributed by atoms with E-state index in [1.54, 1.807) is 31.5 Å². The highest BCUT2D eigenvalue weighted by atomic mass is 32.2. The van der Waals surface area contributed by atoms with Crippen LogP contribution in [0.3, 0.4) is 0 Å². The number of halogens is 4. The van der Waals surface area contributed by atoms with E-state index >= 15 is 4.39 Å². The number of nitrogens with zero attached hydrogens (tertiary/aromatic N) is 1. The van der Waals surface area contributed by atoms with Crippen molar-refractivity contribution >= 4 is 20.9 Å². The molecule has 34 heavy (non-hydrogen) atoms. The molecular formula is C24H26F4N2O3S. The number of alkyl halides is 3. The van der Waals surface area contributed by atoms with E-state index in [1.165, 1.54) is 24.3 Å². The van der Waals surface area contributed by atoms with Crippen LogP contribution < -0.4 is 4.72 Å². The fourth-order valence-corrected chi connectivity index (χ4v) is 5.76. The van der Waals surface area contributed by atoms with E-state index in [-0.39, 0.29) is 17.7 Å². The summed E-state index contributed by atoms with van der Waals surface area (Å²) in [6.45, 7) is 4.84. The van der Waals surface area contributed by atoms with Crippen LogP contribution >= 0.6 is 0 Å². The molecule has 1 heterocycles. The van der Waals surface area contributed by atoms with Gasteiger partial charge in [0.25, 0.3) is 0 Å². The smallest absolute Gasteiger partial charge is 0.389 e. The number of aliphatic hydroxyl groups is 1. The Balaban J connectivity index is 1.89. The van der Waals surface area contributed by atoms with Gasteiger partial charge in [-0.2, -0.15) is 13.2 Å². The summed E-state index contributed by atoms with van der Waals surface area (Å²) < 4.78 is 85.2. The van der Waals surface area contributed by atoms with Crippen LogP contribution in [-0.4, -0.2) is 28.9 Å². The summed E-state index contributed by atoms with van der Waals surface area (Å²) in [5.74, 6) is -0.858. The van der Waals surface area contributed by atoms with Crippen LogP contribution in [0.25, 0.3) is 22.0 Å². The molecule has 10 heteroatoms. The van der Waals surface area contributed by atoms with Crippen LogP contribution in [0.2, 0.25) is 0 Å². The average molecular weight is 499 g/mol. The Morgan fingerprint density at radius 1 is 1.15 bits per heavy atom. The van der Waals surface area contributed by atoms with Crippen LogP contribution in [0.15, 0.2) is 42.6 Å². The fraction of sp³-hybridized carbons (Fsp3) is 0.417. The monoisotopic (exact) mass is 498 g/mol. The number of sulfonamides is 1. The van der Waals surface area contributed by atoms with Gasteiger partial charge >= 0.3 is 6.18 Å². The van der Waals surface area contributed by atoms with Crippen LogP contribution in [0.1, 0.15) is 50.8 Å². The van der Waals surface area contributed by atoms with Gasteiger partial charge < -0.3 is 9.67 Å². The molecule has 0 spiro atoms. The average Bonchev–Trinajstić information content (AvgIpc) is 3.51. The second-order valence-corrected chi connectivity index (χ2v) is 11.5. The summed E-state index contributed by atoms with van der Waals surface area (Å²) in [7, 11) is -3.54. The first-order valence-corrected chi connectivity index (χ1v) is 12.4. The molecule has 1 saturated carbocycles. The van der Waals surface area contributed by atoms with Gasteiger partial charge in [0.15, 0.2) is 0 Å². The molecule has 1 aliphatic carbocycles. The van der Waals surface area contributed by atoms with Crippen LogP contribution in [0.4, 0.5) is 17.6 Å². The Morgan fingerprint density at radius 2 is 1.79 bits per heavy atom. The van der Waals surface area contributed by atoms with Crippen LogP contribution in [0.5, 0.6) is 0 Å². The number of nitrogens with one attached hydrogen (secondary N) is 1. The molecule has 5 nitrogen and oxygen atoms in total. The van der Waals surface area contributed by atoms with Crippen LogP contribution in [0, 0.1) is 5.82 Å². The van der Waals surface area contributed by atoms with Gasteiger partial charge in [0, 0.05) is 28.7 Å². The highest BCUT2D eigenvalue weighted by molar-refractivity contribution is 7.90. The van der Waals surface area contributed by atoms with Gasteiger partial charge in [-0.15, -0.1) is 0 Å². The second kappa shape index (κ2) is 8.35. The molecule has 3 aromatic rings. The fourth-order valence-electron chi connectivity index (χ4n) is 4.19. The maximum absolute atomic E-state index is 15.3. The van der Waals surface area contributed by atoms with E-state index in [0.29, 0.717) is 29.3 Å². The van der Waals surface area contributed by atoms with E-state index in [1.807, 2.05) is 0 Å². The normalized spacial score (nSPS) is 16.2. The second-order valence-electron chi connectivity index (χ2n) is 9.50. The minimum atomic E-state index is -4.67. The Hall–Kier alpha value is -2.43. The van der Waals surface area contributed by atoms with Gasteiger partial charge in [-0.3, -0.25) is 0 Å². The van der Waals surface area contributed by atoms with Crippen molar-refractivity contribution in [3.05, 3.63) is 59.5 Å². The zero-order valence-corrected chi connectivity index (χ0v) is 19.8. The molecule has 0 bridgehead atoms. The topological polar surface area (TPSA) is 71.3 Å². The third-order valence-corrected chi connectivity index (χ3v) is 7.88. The molecule has 0 radical (unpaired) electrons. The molecule has 0 saturated heterocycles. The number of rotatable bonds is 7. The van der Waals surface area contributed by atoms with E-state index in [9.17, 15) is 26.7 Å². The molecule has 0 aliphatic heterocycles. The van der Waals surface area contributed by atoms with Crippen molar-refractivity contribution in [3.8, 4) is 11.1 Å². The number of hydrogen-bond acceptors (Lipinski definition) is 3. The van der Waals surface area contributed by atoms with E-state index in [2.05, 4.69) is 4.72 Å². The SMILES string of the molecule is C[C@@H](NS(=O)(=O)C1CC1)c1cn(CC(C)(C)O)c2cc(-c3ccccc3C(F)(F)F)c(F)cc12. The minimum Gasteiger partial charge on any atom is -0.389 e.